The lowest BCUT2D eigenvalue weighted by atomic mass is 10.1. The summed E-state index contributed by atoms with van der Waals surface area (Å²) < 4.78 is 0. The first-order valence-corrected chi connectivity index (χ1v) is 8.73. The maximum absolute atomic E-state index is 12.3. The summed E-state index contributed by atoms with van der Waals surface area (Å²) >= 11 is 5.84. The minimum absolute atomic E-state index is 0.119. The van der Waals surface area contributed by atoms with Crippen LogP contribution >= 0.6 is 11.6 Å². The fraction of sp³-hybridized carbons (Fsp3) is 0.250. The number of anilines is 1. The summed E-state index contributed by atoms with van der Waals surface area (Å²) in [5.74, 6) is -0.0675. The Labute approximate surface area is 158 Å². The molecule has 2 aromatic rings. The van der Waals surface area contributed by atoms with Gasteiger partial charge in [0.05, 0.1) is 5.71 Å². The van der Waals surface area contributed by atoms with Gasteiger partial charge in [-0.05, 0) is 54.8 Å². The zero-order chi connectivity index (χ0) is 19.1. The number of benzene rings is 2. The third kappa shape index (κ3) is 6.01. The largest absolute Gasteiger partial charge is 0.322 e. The number of nitrogens with one attached hydrogen (secondary N) is 2. The molecule has 0 atom stereocenters. The number of amides is 2. The number of nitrogens with zero attached hydrogens (tertiary/aromatic N) is 1. The van der Waals surface area contributed by atoms with Crippen LogP contribution in [0.4, 0.5) is 5.69 Å². The molecule has 2 N–H and O–H groups in total. The minimum Gasteiger partial charge on any atom is -0.322 e. The van der Waals surface area contributed by atoms with Gasteiger partial charge in [0.1, 0.15) is 0 Å². The van der Waals surface area contributed by atoms with Gasteiger partial charge < -0.3 is 5.32 Å². The van der Waals surface area contributed by atoms with Crippen molar-refractivity contribution in [1.29, 1.82) is 0 Å². The zero-order valence-corrected chi connectivity index (χ0v) is 15.8. The number of hydrogen-bond acceptors (Lipinski definition) is 3. The van der Waals surface area contributed by atoms with Crippen molar-refractivity contribution in [3.05, 3.63) is 64.7 Å². The molecule has 0 heterocycles. The molecule has 136 valence electrons. The molecule has 0 spiro atoms. The van der Waals surface area contributed by atoms with Gasteiger partial charge in [0.15, 0.2) is 0 Å². The normalized spacial score (nSPS) is 11.3. The highest BCUT2D eigenvalue weighted by Gasteiger charge is 2.08. The summed E-state index contributed by atoms with van der Waals surface area (Å²) in [6.07, 6.45) is 0.425. The van der Waals surface area contributed by atoms with E-state index >= 15 is 0 Å². The Morgan fingerprint density at radius 1 is 1.08 bits per heavy atom. The van der Waals surface area contributed by atoms with Crippen molar-refractivity contribution in [1.82, 2.24) is 5.43 Å². The predicted octanol–water partition coefficient (Wildman–Crippen LogP) is 4.48. The van der Waals surface area contributed by atoms with Crippen molar-refractivity contribution in [3.8, 4) is 0 Å². The Morgan fingerprint density at radius 2 is 1.77 bits per heavy atom. The van der Waals surface area contributed by atoms with Gasteiger partial charge in [0.2, 0.25) is 5.91 Å². The molecule has 0 aliphatic rings. The first-order valence-electron chi connectivity index (χ1n) is 8.35. The third-order valence-electron chi connectivity index (χ3n) is 3.59. The number of carbonyl (C=O) groups is 2. The monoisotopic (exact) mass is 371 g/mol. The average molecular weight is 372 g/mol. The van der Waals surface area contributed by atoms with Crippen LogP contribution in [0.5, 0.6) is 0 Å². The maximum atomic E-state index is 12.3. The second kappa shape index (κ2) is 9.15. The molecular weight excluding hydrogens is 350 g/mol. The number of rotatable bonds is 6. The Balaban J connectivity index is 2.05. The topological polar surface area (TPSA) is 70.6 Å². The SMILES string of the molecule is C/C(=N/NC(=O)CC(C)C)c1cccc(NC(=O)c2ccc(Cl)cc2)c1. The molecule has 0 aliphatic carbocycles. The lowest BCUT2D eigenvalue weighted by Crippen LogP contribution is -2.20. The van der Waals surface area contributed by atoms with E-state index in [0.29, 0.717) is 28.4 Å². The molecule has 2 aromatic carbocycles. The van der Waals surface area contributed by atoms with Crippen LogP contribution < -0.4 is 10.7 Å². The van der Waals surface area contributed by atoms with E-state index in [-0.39, 0.29) is 17.7 Å². The quantitative estimate of drug-likeness (QED) is 0.580. The smallest absolute Gasteiger partial charge is 0.255 e. The molecule has 0 fully saturated rings. The van der Waals surface area contributed by atoms with Crippen LogP contribution in [0, 0.1) is 5.92 Å². The highest BCUT2D eigenvalue weighted by atomic mass is 35.5. The van der Waals surface area contributed by atoms with E-state index in [1.165, 1.54) is 0 Å². The van der Waals surface area contributed by atoms with Gasteiger partial charge in [-0.25, -0.2) is 5.43 Å². The Hall–Kier alpha value is -2.66. The summed E-state index contributed by atoms with van der Waals surface area (Å²) in [7, 11) is 0. The second-order valence-corrected chi connectivity index (χ2v) is 6.81. The molecule has 0 aromatic heterocycles. The van der Waals surface area contributed by atoms with E-state index in [1.54, 1.807) is 43.3 Å². The van der Waals surface area contributed by atoms with E-state index in [4.69, 9.17) is 11.6 Å². The van der Waals surface area contributed by atoms with E-state index in [9.17, 15) is 9.59 Å². The summed E-state index contributed by atoms with van der Waals surface area (Å²) in [4.78, 5) is 24.0. The number of hydrazone groups is 1. The van der Waals surface area contributed by atoms with Gasteiger partial charge in [-0.15, -0.1) is 0 Å². The fourth-order valence-electron chi connectivity index (χ4n) is 2.25. The molecule has 0 saturated carbocycles. The number of halogens is 1. The molecule has 2 amide bonds. The van der Waals surface area contributed by atoms with Crippen LogP contribution in [0.3, 0.4) is 0 Å². The van der Waals surface area contributed by atoms with Crippen LogP contribution in [-0.4, -0.2) is 17.5 Å². The third-order valence-corrected chi connectivity index (χ3v) is 3.84. The maximum Gasteiger partial charge on any atom is 0.255 e. The lowest BCUT2D eigenvalue weighted by Gasteiger charge is -2.08. The molecule has 0 unspecified atom stereocenters. The second-order valence-electron chi connectivity index (χ2n) is 6.37. The van der Waals surface area contributed by atoms with Gasteiger partial charge in [-0.2, -0.15) is 5.10 Å². The summed E-state index contributed by atoms with van der Waals surface area (Å²) in [5.41, 5.74) is 5.18. The molecular formula is C20H22ClN3O2. The summed E-state index contributed by atoms with van der Waals surface area (Å²) in [5, 5.41) is 7.54. The van der Waals surface area contributed by atoms with Crippen LogP contribution in [-0.2, 0) is 4.79 Å². The molecule has 2 rings (SSSR count). The Kier molecular flexibility index (Phi) is 6.92. The number of hydrogen-bond donors (Lipinski definition) is 2. The van der Waals surface area contributed by atoms with Gasteiger partial charge in [-0.1, -0.05) is 37.6 Å². The van der Waals surface area contributed by atoms with Crippen LogP contribution in [0.2, 0.25) is 5.02 Å². The van der Waals surface area contributed by atoms with E-state index < -0.39 is 0 Å². The van der Waals surface area contributed by atoms with Crippen molar-refractivity contribution < 1.29 is 9.59 Å². The van der Waals surface area contributed by atoms with Crippen LogP contribution in [0.15, 0.2) is 53.6 Å². The minimum atomic E-state index is -0.223. The van der Waals surface area contributed by atoms with Gasteiger partial charge in [-0.3, -0.25) is 9.59 Å². The standard InChI is InChI=1S/C20H22ClN3O2/c1-13(2)11-19(25)24-23-14(3)16-5-4-6-18(12-16)22-20(26)15-7-9-17(21)10-8-15/h4-10,12-13H,11H2,1-3H3,(H,22,26)(H,24,25)/b23-14-. The average Bonchev–Trinajstić information content (AvgIpc) is 2.60. The van der Waals surface area contributed by atoms with Crippen LogP contribution in [0.1, 0.15) is 43.1 Å². The Morgan fingerprint density at radius 3 is 2.42 bits per heavy atom. The Bertz CT molecular complexity index is 814. The predicted molar refractivity (Wildman–Crippen MR) is 106 cm³/mol. The van der Waals surface area contributed by atoms with Crippen molar-refractivity contribution >= 4 is 34.8 Å². The molecule has 0 aliphatic heterocycles. The first kappa shape index (κ1) is 19.7. The molecule has 0 saturated heterocycles. The van der Waals surface area contributed by atoms with Gasteiger partial charge in [0, 0.05) is 22.7 Å². The lowest BCUT2D eigenvalue weighted by molar-refractivity contribution is -0.121. The van der Waals surface area contributed by atoms with Gasteiger partial charge in [0.25, 0.3) is 5.91 Å². The summed E-state index contributed by atoms with van der Waals surface area (Å²) in [6.45, 7) is 5.75. The van der Waals surface area contributed by atoms with Crippen molar-refractivity contribution in [3.63, 3.8) is 0 Å². The van der Waals surface area contributed by atoms with Crippen molar-refractivity contribution in [2.75, 3.05) is 5.32 Å². The van der Waals surface area contributed by atoms with E-state index in [2.05, 4.69) is 15.8 Å². The van der Waals surface area contributed by atoms with Crippen LogP contribution in [0.25, 0.3) is 0 Å². The fourth-order valence-corrected chi connectivity index (χ4v) is 2.38. The molecule has 0 radical (unpaired) electrons. The van der Waals surface area contributed by atoms with Crippen molar-refractivity contribution in [2.45, 2.75) is 27.2 Å². The zero-order valence-electron chi connectivity index (χ0n) is 15.0. The van der Waals surface area contributed by atoms with E-state index in [0.717, 1.165) is 5.56 Å². The highest BCUT2D eigenvalue weighted by molar-refractivity contribution is 6.30. The molecule has 0 bridgehead atoms. The summed E-state index contributed by atoms with van der Waals surface area (Å²) in [6, 6.07) is 14.0. The van der Waals surface area contributed by atoms with Gasteiger partial charge >= 0.3 is 0 Å². The number of carbonyl (C=O) groups excluding carboxylic acids is 2. The van der Waals surface area contributed by atoms with E-state index in [1.807, 2.05) is 26.0 Å². The molecule has 5 nitrogen and oxygen atoms in total. The highest BCUT2D eigenvalue weighted by Crippen LogP contribution is 2.15. The molecule has 6 heteroatoms. The molecule has 26 heavy (non-hydrogen) atoms. The first-order chi connectivity index (χ1) is 12.3. The van der Waals surface area contributed by atoms with Crippen molar-refractivity contribution in [2.24, 2.45) is 11.0 Å².